The first kappa shape index (κ1) is 13.7. The molecule has 1 aromatic carbocycles. The van der Waals surface area contributed by atoms with Crippen LogP contribution >= 0.6 is 24.0 Å². The van der Waals surface area contributed by atoms with Gasteiger partial charge >= 0.3 is 0 Å². The van der Waals surface area contributed by atoms with E-state index in [-0.39, 0.29) is 0 Å². The third kappa shape index (κ3) is 2.81. The maximum atomic E-state index is 5.86. The molecule has 1 heterocycles. The van der Waals surface area contributed by atoms with E-state index < -0.39 is 0 Å². The molecule has 2 nitrogen and oxygen atoms in total. The van der Waals surface area contributed by atoms with Crippen LogP contribution in [0.2, 0.25) is 0 Å². The van der Waals surface area contributed by atoms with Gasteiger partial charge in [0.1, 0.15) is 4.99 Å². The van der Waals surface area contributed by atoms with Crippen molar-refractivity contribution in [3.63, 3.8) is 0 Å². The Hall–Kier alpha value is -0.740. The minimum absolute atomic E-state index is 0.500. The summed E-state index contributed by atoms with van der Waals surface area (Å²) in [6, 6.07) is 6.20. The van der Waals surface area contributed by atoms with Gasteiger partial charge in [-0.2, -0.15) is 11.8 Å². The number of benzene rings is 1. The van der Waals surface area contributed by atoms with E-state index in [4.69, 9.17) is 18.0 Å². The lowest BCUT2D eigenvalue weighted by Gasteiger charge is -2.35. The second-order valence-corrected chi connectivity index (χ2v) is 6.53. The van der Waals surface area contributed by atoms with Crippen LogP contribution in [0.5, 0.6) is 0 Å². The van der Waals surface area contributed by atoms with Crippen molar-refractivity contribution in [2.75, 3.05) is 23.7 Å². The lowest BCUT2D eigenvalue weighted by Crippen LogP contribution is -2.39. The molecule has 1 aliphatic heterocycles. The fraction of sp³-hybridized carbons (Fsp3) is 0.500. The van der Waals surface area contributed by atoms with E-state index in [1.165, 1.54) is 23.4 Å². The van der Waals surface area contributed by atoms with Crippen molar-refractivity contribution >= 4 is 34.7 Å². The van der Waals surface area contributed by atoms with Gasteiger partial charge in [-0.1, -0.05) is 31.3 Å². The first-order valence-corrected chi connectivity index (χ1v) is 7.85. The van der Waals surface area contributed by atoms with Crippen LogP contribution in [0.3, 0.4) is 0 Å². The van der Waals surface area contributed by atoms with Crippen LogP contribution in [-0.4, -0.2) is 29.1 Å². The summed E-state index contributed by atoms with van der Waals surface area (Å²) in [7, 11) is 0. The zero-order chi connectivity index (χ0) is 13.1. The van der Waals surface area contributed by atoms with E-state index >= 15 is 0 Å². The summed E-state index contributed by atoms with van der Waals surface area (Å²) in [4.78, 5) is 2.95. The van der Waals surface area contributed by atoms with Crippen molar-refractivity contribution in [2.45, 2.75) is 25.5 Å². The van der Waals surface area contributed by atoms with Crippen molar-refractivity contribution in [3.8, 4) is 0 Å². The third-order valence-electron chi connectivity index (χ3n) is 3.41. The molecule has 18 heavy (non-hydrogen) atoms. The van der Waals surface area contributed by atoms with E-state index in [1.807, 2.05) is 12.1 Å². The molecule has 0 aromatic heterocycles. The SMILES string of the molecule is CCC1CN(c2c(C)cccc2C(N)=S)CCS1. The Kier molecular flexibility index (Phi) is 4.51. The van der Waals surface area contributed by atoms with Gasteiger partial charge in [0.25, 0.3) is 0 Å². The third-order valence-corrected chi connectivity index (χ3v) is 5.01. The Labute approximate surface area is 119 Å². The maximum absolute atomic E-state index is 5.86. The number of nitrogens with two attached hydrogens (primary N) is 1. The van der Waals surface area contributed by atoms with Crippen LogP contribution in [0, 0.1) is 6.92 Å². The van der Waals surface area contributed by atoms with Gasteiger partial charge in [0, 0.05) is 35.3 Å². The van der Waals surface area contributed by atoms with Crippen LogP contribution in [0.15, 0.2) is 18.2 Å². The molecule has 4 heteroatoms. The highest BCUT2D eigenvalue weighted by atomic mass is 32.2. The van der Waals surface area contributed by atoms with Gasteiger partial charge in [-0.15, -0.1) is 0 Å². The van der Waals surface area contributed by atoms with Crippen LogP contribution in [0.1, 0.15) is 24.5 Å². The molecule has 1 unspecified atom stereocenters. The lowest BCUT2D eigenvalue weighted by molar-refractivity contribution is 0.726. The molecule has 0 bridgehead atoms. The number of hydrogen-bond donors (Lipinski definition) is 1. The first-order chi connectivity index (χ1) is 8.63. The monoisotopic (exact) mass is 280 g/mol. The number of nitrogens with zero attached hydrogens (tertiary/aromatic N) is 1. The molecule has 2 N–H and O–H groups in total. The number of rotatable bonds is 3. The van der Waals surface area contributed by atoms with Gasteiger partial charge in [0.05, 0.1) is 0 Å². The van der Waals surface area contributed by atoms with E-state index in [1.54, 1.807) is 0 Å². The number of hydrogen-bond acceptors (Lipinski definition) is 3. The Morgan fingerprint density at radius 3 is 3.00 bits per heavy atom. The number of anilines is 1. The molecule has 1 aromatic rings. The molecule has 1 aliphatic rings. The number of aryl methyl sites for hydroxylation is 1. The second kappa shape index (κ2) is 5.93. The van der Waals surface area contributed by atoms with E-state index in [9.17, 15) is 0 Å². The summed E-state index contributed by atoms with van der Waals surface area (Å²) in [5.41, 5.74) is 9.38. The smallest absolute Gasteiger partial charge is 0.106 e. The maximum Gasteiger partial charge on any atom is 0.106 e. The Balaban J connectivity index is 2.34. The van der Waals surface area contributed by atoms with Crippen molar-refractivity contribution in [1.29, 1.82) is 0 Å². The highest BCUT2D eigenvalue weighted by molar-refractivity contribution is 8.00. The van der Waals surface area contributed by atoms with Gasteiger partial charge in [-0.05, 0) is 25.0 Å². The Morgan fingerprint density at radius 1 is 1.56 bits per heavy atom. The van der Waals surface area contributed by atoms with Crippen LogP contribution < -0.4 is 10.6 Å². The van der Waals surface area contributed by atoms with E-state index in [0.29, 0.717) is 4.99 Å². The lowest BCUT2D eigenvalue weighted by atomic mass is 10.1. The molecule has 0 saturated carbocycles. The molecule has 1 fully saturated rings. The van der Waals surface area contributed by atoms with Gasteiger partial charge in [-0.3, -0.25) is 0 Å². The molecule has 0 radical (unpaired) electrons. The molecule has 2 rings (SSSR count). The number of thiocarbonyl (C=S) groups is 1. The molecular formula is C14H20N2S2. The molecule has 1 saturated heterocycles. The molecule has 0 spiro atoms. The molecule has 0 aliphatic carbocycles. The van der Waals surface area contributed by atoms with Gasteiger partial charge < -0.3 is 10.6 Å². The predicted octanol–water partition coefficient (Wildman–Crippen LogP) is 2.96. The van der Waals surface area contributed by atoms with Crippen LogP contribution in [0.25, 0.3) is 0 Å². The van der Waals surface area contributed by atoms with Crippen molar-refractivity contribution in [3.05, 3.63) is 29.3 Å². The van der Waals surface area contributed by atoms with Gasteiger partial charge in [0.15, 0.2) is 0 Å². The minimum atomic E-state index is 0.500. The van der Waals surface area contributed by atoms with E-state index in [0.717, 1.165) is 23.9 Å². The minimum Gasteiger partial charge on any atom is -0.389 e. The number of para-hydroxylation sites is 1. The topological polar surface area (TPSA) is 29.3 Å². The summed E-state index contributed by atoms with van der Waals surface area (Å²) in [6.07, 6.45) is 1.22. The van der Waals surface area contributed by atoms with Crippen LogP contribution in [0.4, 0.5) is 5.69 Å². The zero-order valence-electron chi connectivity index (χ0n) is 11.0. The van der Waals surface area contributed by atoms with E-state index in [2.05, 4.69) is 36.6 Å². The van der Waals surface area contributed by atoms with Crippen molar-refractivity contribution in [1.82, 2.24) is 0 Å². The Bertz CT molecular complexity index is 445. The highest BCUT2D eigenvalue weighted by Crippen LogP contribution is 2.30. The Morgan fingerprint density at radius 2 is 2.33 bits per heavy atom. The molecule has 1 atom stereocenters. The van der Waals surface area contributed by atoms with Crippen molar-refractivity contribution in [2.24, 2.45) is 5.73 Å². The fourth-order valence-electron chi connectivity index (χ4n) is 2.45. The largest absolute Gasteiger partial charge is 0.389 e. The van der Waals surface area contributed by atoms with Gasteiger partial charge in [-0.25, -0.2) is 0 Å². The summed E-state index contributed by atoms with van der Waals surface area (Å²) < 4.78 is 0. The van der Waals surface area contributed by atoms with Gasteiger partial charge in [0.2, 0.25) is 0 Å². The molecule has 0 amide bonds. The highest BCUT2D eigenvalue weighted by Gasteiger charge is 2.22. The average Bonchev–Trinajstić information content (AvgIpc) is 2.38. The number of thioether (sulfide) groups is 1. The fourth-order valence-corrected chi connectivity index (χ4v) is 3.79. The summed E-state index contributed by atoms with van der Waals surface area (Å²) >= 11 is 7.26. The molecule has 98 valence electrons. The zero-order valence-corrected chi connectivity index (χ0v) is 12.6. The standard InChI is InChI=1S/C14H20N2S2/c1-3-11-9-16(7-8-18-11)13-10(2)5-4-6-12(13)14(15)17/h4-6,11H,3,7-9H2,1-2H3,(H2,15,17). The second-order valence-electron chi connectivity index (χ2n) is 4.68. The average molecular weight is 280 g/mol. The summed E-state index contributed by atoms with van der Waals surface area (Å²) in [5.74, 6) is 1.18. The summed E-state index contributed by atoms with van der Waals surface area (Å²) in [5, 5.41) is 0.720. The summed E-state index contributed by atoms with van der Waals surface area (Å²) in [6.45, 7) is 6.58. The van der Waals surface area contributed by atoms with Crippen LogP contribution in [-0.2, 0) is 0 Å². The molecular weight excluding hydrogens is 260 g/mol. The quantitative estimate of drug-likeness (QED) is 0.862. The van der Waals surface area contributed by atoms with Crippen molar-refractivity contribution < 1.29 is 0 Å². The first-order valence-electron chi connectivity index (χ1n) is 6.39. The predicted molar refractivity (Wildman–Crippen MR) is 85.8 cm³/mol. The normalized spacial score (nSPS) is 19.9.